The van der Waals surface area contributed by atoms with Crippen molar-refractivity contribution in [2.24, 2.45) is 0 Å². The van der Waals surface area contributed by atoms with Crippen LogP contribution in [0.5, 0.6) is 0 Å². The summed E-state index contributed by atoms with van der Waals surface area (Å²) in [6.07, 6.45) is 3.22. The molecular weight excluding hydrogens is 420 g/mol. The van der Waals surface area contributed by atoms with Gasteiger partial charge in [0.05, 0.1) is 23.4 Å². The minimum Gasteiger partial charge on any atom is -0.351 e. The quantitative estimate of drug-likeness (QED) is 0.713. The van der Waals surface area contributed by atoms with Crippen LogP contribution in [0.1, 0.15) is 31.1 Å². The van der Waals surface area contributed by atoms with E-state index < -0.39 is 16.1 Å². The number of sulfonamides is 1. The lowest BCUT2D eigenvalue weighted by molar-refractivity contribution is -0.120. The Morgan fingerprint density at radius 1 is 1.32 bits per heavy atom. The summed E-state index contributed by atoms with van der Waals surface area (Å²) in [6.45, 7) is 2.31. The van der Waals surface area contributed by atoms with E-state index in [2.05, 4.69) is 15.6 Å². The average molecular weight is 443 g/mol. The molecule has 1 fully saturated rings. The second kappa shape index (κ2) is 8.68. The van der Waals surface area contributed by atoms with Crippen molar-refractivity contribution in [3.05, 3.63) is 22.4 Å². The minimum atomic E-state index is -3.43. The zero-order valence-corrected chi connectivity index (χ0v) is 18.0. The number of carbonyl (C=O) groups is 2. The van der Waals surface area contributed by atoms with Crippen LogP contribution in [0.3, 0.4) is 0 Å². The van der Waals surface area contributed by atoms with Gasteiger partial charge in [-0.3, -0.25) is 9.59 Å². The van der Waals surface area contributed by atoms with Gasteiger partial charge in [0.25, 0.3) is 0 Å². The average Bonchev–Trinajstić information content (AvgIpc) is 3.28. The summed E-state index contributed by atoms with van der Waals surface area (Å²) in [7, 11) is -3.43. The number of thiophene rings is 1. The molecule has 1 aliphatic rings. The zero-order valence-electron chi connectivity index (χ0n) is 15.6. The van der Waals surface area contributed by atoms with Crippen molar-refractivity contribution >= 4 is 49.6 Å². The summed E-state index contributed by atoms with van der Waals surface area (Å²) in [4.78, 5) is 30.1. The maximum atomic E-state index is 12.6. The molecule has 1 saturated heterocycles. The van der Waals surface area contributed by atoms with E-state index in [-0.39, 0.29) is 11.8 Å². The Morgan fingerprint density at radius 3 is 2.82 bits per heavy atom. The molecule has 11 heteroatoms. The fourth-order valence-corrected chi connectivity index (χ4v) is 5.84. The first-order valence-corrected chi connectivity index (χ1v) is 12.3. The molecule has 8 nitrogen and oxygen atoms in total. The third-order valence-corrected chi connectivity index (χ3v) is 7.50. The molecule has 0 bridgehead atoms. The molecule has 0 aromatic carbocycles. The first-order valence-electron chi connectivity index (χ1n) is 8.81. The third kappa shape index (κ3) is 5.16. The second-order valence-electron chi connectivity index (χ2n) is 6.59. The van der Waals surface area contributed by atoms with E-state index in [1.165, 1.54) is 33.9 Å². The van der Waals surface area contributed by atoms with Crippen molar-refractivity contribution in [2.45, 2.75) is 38.8 Å². The van der Waals surface area contributed by atoms with Crippen molar-refractivity contribution in [1.82, 2.24) is 14.6 Å². The van der Waals surface area contributed by atoms with Crippen LogP contribution in [-0.4, -0.2) is 48.4 Å². The van der Waals surface area contributed by atoms with E-state index in [9.17, 15) is 18.0 Å². The van der Waals surface area contributed by atoms with Crippen LogP contribution < -0.4 is 10.6 Å². The minimum absolute atomic E-state index is 0.0838. The molecule has 2 aromatic heterocycles. The van der Waals surface area contributed by atoms with Crippen LogP contribution >= 0.6 is 22.7 Å². The molecule has 152 valence electrons. The van der Waals surface area contributed by atoms with Gasteiger partial charge in [-0.25, -0.2) is 13.4 Å². The van der Waals surface area contributed by atoms with Crippen molar-refractivity contribution in [2.75, 3.05) is 18.1 Å². The van der Waals surface area contributed by atoms with Gasteiger partial charge in [0.1, 0.15) is 6.04 Å². The summed E-state index contributed by atoms with van der Waals surface area (Å²) < 4.78 is 25.2. The van der Waals surface area contributed by atoms with Gasteiger partial charge in [-0.2, -0.15) is 4.31 Å². The summed E-state index contributed by atoms with van der Waals surface area (Å²) in [5.41, 5.74) is 0.739. The van der Waals surface area contributed by atoms with Gasteiger partial charge in [0.2, 0.25) is 21.8 Å². The summed E-state index contributed by atoms with van der Waals surface area (Å²) in [5.74, 6) is -0.428. The van der Waals surface area contributed by atoms with Crippen LogP contribution in [0.15, 0.2) is 17.5 Å². The Hall–Kier alpha value is -1.82. The highest BCUT2D eigenvalue weighted by molar-refractivity contribution is 7.88. The van der Waals surface area contributed by atoms with Crippen molar-refractivity contribution in [3.63, 3.8) is 0 Å². The number of anilines is 1. The van der Waals surface area contributed by atoms with Crippen molar-refractivity contribution in [1.29, 1.82) is 0 Å². The third-order valence-electron chi connectivity index (χ3n) is 4.34. The SMILES string of the molecule is CC(=O)NCc1ccc(-c2csc(NC(=O)C3CCCCN3S(C)(=O)=O)n2)s1. The van der Waals surface area contributed by atoms with Gasteiger partial charge in [-0.1, -0.05) is 6.42 Å². The molecule has 2 aromatic rings. The van der Waals surface area contributed by atoms with Crippen LogP contribution in [-0.2, 0) is 26.2 Å². The Kier molecular flexibility index (Phi) is 6.48. The molecule has 1 atom stereocenters. The Morgan fingerprint density at radius 2 is 2.11 bits per heavy atom. The smallest absolute Gasteiger partial charge is 0.244 e. The van der Waals surface area contributed by atoms with E-state index in [1.807, 2.05) is 17.5 Å². The normalized spacial score (nSPS) is 18.0. The topological polar surface area (TPSA) is 108 Å². The standard InChI is InChI=1S/C17H22N4O4S3/c1-11(22)18-9-12-6-7-15(27-12)13-10-26-17(19-13)20-16(23)14-5-3-4-8-21(14)28(2,24)25/h6-7,10,14H,3-5,8-9H2,1-2H3,(H,18,22)(H,19,20,23). The number of piperidine rings is 1. The zero-order chi connectivity index (χ0) is 20.3. The number of carbonyl (C=O) groups excluding carboxylic acids is 2. The number of nitrogens with one attached hydrogen (secondary N) is 2. The van der Waals surface area contributed by atoms with E-state index >= 15 is 0 Å². The fourth-order valence-electron chi connectivity index (χ4n) is 3.02. The fraction of sp³-hybridized carbons (Fsp3) is 0.471. The highest BCUT2D eigenvalue weighted by Crippen LogP contribution is 2.31. The lowest BCUT2D eigenvalue weighted by Crippen LogP contribution is -2.49. The van der Waals surface area contributed by atoms with Gasteiger partial charge in [0, 0.05) is 23.7 Å². The molecule has 3 heterocycles. The molecule has 2 amide bonds. The Labute approximate surface area is 172 Å². The molecule has 0 spiro atoms. The molecule has 1 unspecified atom stereocenters. The summed E-state index contributed by atoms with van der Waals surface area (Å²) >= 11 is 2.82. The maximum absolute atomic E-state index is 12.6. The first-order chi connectivity index (χ1) is 13.2. The van der Waals surface area contributed by atoms with E-state index in [1.54, 1.807) is 0 Å². The molecule has 3 rings (SSSR count). The van der Waals surface area contributed by atoms with E-state index in [0.29, 0.717) is 24.6 Å². The number of nitrogens with zero attached hydrogens (tertiary/aromatic N) is 2. The van der Waals surface area contributed by atoms with E-state index in [0.717, 1.165) is 34.5 Å². The van der Waals surface area contributed by atoms with Gasteiger partial charge >= 0.3 is 0 Å². The molecule has 0 radical (unpaired) electrons. The summed E-state index contributed by atoms with van der Waals surface area (Å²) in [5, 5.41) is 7.80. The summed E-state index contributed by atoms with van der Waals surface area (Å²) in [6, 6.07) is 3.16. The highest BCUT2D eigenvalue weighted by atomic mass is 32.2. The van der Waals surface area contributed by atoms with Crippen LogP contribution in [0, 0.1) is 0 Å². The molecule has 1 aliphatic heterocycles. The Balaban J connectivity index is 1.67. The van der Waals surface area contributed by atoms with Gasteiger partial charge in [-0.15, -0.1) is 22.7 Å². The largest absolute Gasteiger partial charge is 0.351 e. The molecule has 0 aliphatic carbocycles. The van der Waals surface area contributed by atoms with Gasteiger partial charge in [0.15, 0.2) is 5.13 Å². The van der Waals surface area contributed by atoms with Crippen LogP contribution in [0.25, 0.3) is 10.6 Å². The lowest BCUT2D eigenvalue weighted by Gasteiger charge is -2.32. The predicted octanol–water partition coefficient (Wildman–Crippen LogP) is 2.26. The van der Waals surface area contributed by atoms with Crippen LogP contribution in [0.4, 0.5) is 5.13 Å². The number of hydrogen-bond acceptors (Lipinski definition) is 7. The number of amides is 2. The first kappa shape index (κ1) is 20.9. The second-order valence-corrected chi connectivity index (χ2v) is 10.5. The molecular formula is C17H22N4O4S3. The van der Waals surface area contributed by atoms with Gasteiger partial charge in [-0.05, 0) is 25.0 Å². The van der Waals surface area contributed by atoms with Gasteiger partial charge < -0.3 is 10.6 Å². The Bertz CT molecular complexity index is 967. The number of aromatic nitrogens is 1. The molecule has 28 heavy (non-hydrogen) atoms. The number of rotatable bonds is 6. The number of thiazole rings is 1. The number of hydrogen-bond donors (Lipinski definition) is 2. The maximum Gasteiger partial charge on any atom is 0.244 e. The van der Waals surface area contributed by atoms with Crippen LogP contribution in [0.2, 0.25) is 0 Å². The monoisotopic (exact) mass is 442 g/mol. The molecule has 0 saturated carbocycles. The van der Waals surface area contributed by atoms with E-state index in [4.69, 9.17) is 0 Å². The van der Waals surface area contributed by atoms with Crippen molar-refractivity contribution < 1.29 is 18.0 Å². The lowest BCUT2D eigenvalue weighted by atomic mass is 10.0. The molecule has 2 N–H and O–H groups in total. The van der Waals surface area contributed by atoms with Crippen molar-refractivity contribution in [3.8, 4) is 10.6 Å². The predicted molar refractivity (Wildman–Crippen MR) is 111 cm³/mol. The highest BCUT2D eigenvalue weighted by Gasteiger charge is 2.34.